The predicted octanol–water partition coefficient (Wildman–Crippen LogP) is 0.443. The molecule has 0 saturated heterocycles. The maximum absolute atomic E-state index is 3.80. The molecule has 1 aromatic rings. The van der Waals surface area contributed by atoms with Gasteiger partial charge < -0.3 is 28.9 Å². The number of aryl methyl sites for hydroxylation is 1. The van der Waals surface area contributed by atoms with E-state index in [0.717, 1.165) is 6.54 Å². The van der Waals surface area contributed by atoms with Crippen LogP contribution in [0.5, 0.6) is 0 Å². The quantitative estimate of drug-likeness (QED) is 0.571. The lowest BCUT2D eigenvalue weighted by Crippen LogP contribution is -3.00. The SMILES string of the molecule is C=CCN1c2cc(C)ccc2SC1C.[I-]. The molecule has 0 N–H and O–H groups in total. The summed E-state index contributed by atoms with van der Waals surface area (Å²) in [4.78, 5) is 3.78. The molecule has 3 heteroatoms. The van der Waals surface area contributed by atoms with Crippen LogP contribution in [0.2, 0.25) is 0 Å². The number of benzene rings is 1. The first-order chi connectivity index (χ1) is 6.72. The van der Waals surface area contributed by atoms with Crippen LogP contribution in [0, 0.1) is 6.92 Å². The van der Waals surface area contributed by atoms with E-state index in [4.69, 9.17) is 0 Å². The Morgan fingerprint density at radius 3 is 2.93 bits per heavy atom. The second-order valence-corrected chi connectivity index (χ2v) is 4.99. The molecule has 0 bridgehead atoms. The molecule has 1 aliphatic heterocycles. The second-order valence-electron chi connectivity index (χ2n) is 3.63. The van der Waals surface area contributed by atoms with Gasteiger partial charge in [-0.25, -0.2) is 0 Å². The molecule has 0 aromatic heterocycles. The summed E-state index contributed by atoms with van der Waals surface area (Å²) in [5, 5.41) is 0.532. The van der Waals surface area contributed by atoms with Crippen molar-refractivity contribution in [3.8, 4) is 0 Å². The van der Waals surface area contributed by atoms with Gasteiger partial charge in [-0.1, -0.05) is 23.9 Å². The molecule has 0 saturated carbocycles. The van der Waals surface area contributed by atoms with Crippen LogP contribution in [0.3, 0.4) is 0 Å². The van der Waals surface area contributed by atoms with Crippen LogP contribution >= 0.6 is 11.8 Å². The number of rotatable bonds is 2. The van der Waals surface area contributed by atoms with Crippen molar-refractivity contribution >= 4 is 17.4 Å². The highest BCUT2D eigenvalue weighted by atomic mass is 127. The summed E-state index contributed by atoms with van der Waals surface area (Å²) in [7, 11) is 0. The van der Waals surface area contributed by atoms with Crippen molar-refractivity contribution in [2.75, 3.05) is 11.4 Å². The molecule has 0 spiro atoms. The Labute approximate surface area is 113 Å². The lowest BCUT2D eigenvalue weighted by Gasteiger charge is -2.21. The van der Waals surface area contributed by atoms with E-state index < -0.39 is 0 Å². The van der Waals surface area contributed by atoms with Gasteiger partial charge in [0.05, 0.1) is 11.1 Å². The van der Waals surface area contributed by atoms with E-state index in [9.17, 15) is 0 Å². The minimum atomic E-state index is 0. The molecule has 0 radical (unpaired) electrons. The maximum Gasteiger partial charge on any atom is 0.0773 e. The third-order valence-corrected chi connectivity index (χ3v) is 3.68. The molecule has 1 aromatic carbocycles. The lowest BCUT2D eigenvalue weighted by molar-refractivity contribution is -0.00000287. The zero-order valence-corrected chi connectivity index (χ0v) is 12.0. The van der Waals surface area contributed by atoms with Crippen molar-refractivity contribution in [1.29, 1.82) is 0 Å². The van der Waals surface area contributed by atoms with Crippen molar-refractivity contribution in [2.24, 2.45) is 0 Å². The summed E-state index contributed by atoms with van der Waals surface area (Å²) in [5.41, 5.74) is 2.69. The van der Waals surface area contributed by atoms with Crippen LogP contribution in [-0.2, 0) is 0 Å². The van der Waals surface area contributed by atoms with Gasteiger partial charge in [-0.15, -0.1) is 6.58 Å². The van der Waals surface area contributed by atoms with Gasteiger partial charge in [-0.05, 0) is 31.5 Å². The van der Waals surface area contributed by atoms with E-state index in [0.29, 0.717) is 5.37 Å². The van der Waals surface area contributed by atoms with Crippen LogP contribution in [0.4, 0.5) is 5.69 Å². The average Bonchev–Trinajstić information content (AvgIpc) is 2.45. The molecule has 0 fully saturated rings. The van der Waals surface area contributed by atoms with Gasteiger partial charge in [0, 0.05) is 11.4 Å². The minimum absolute atomic E-state index is 0. The predicted molar refractivity (Wildman–Crippen MR) is 64.0 cm³/mol. The standard InChI is InChI=1S/C12H15NS.HI/c1-4-7-13-10(3)14-12-6-5-9(2)8-11(12)13;/h4-6,8,10H,1,7H2,2-3H3;1H/p-1. The van der Waals surface area contributed by atoms with Gasteiger partial charge in [-0.3, -0.25) is 0 Å². The number of fused-ring (bicyclic) bond motifs is 1. The molecule has 1 aliphatic rings. The first-order valence-corrected chi connectivity index (χ1v) is 5.75. The number of halogens is 1. The van der Waals surface area contributed by atoms with Gasteiger partial charge in [0.1, 0.15) is 0 Å². The summed E-state index contributed by atoms with van der Waals surface area (Å²) in [6.45, 7) is 9.12. The van der Waals surface area contributed by atoms with Gasteiger partial charge in [0.2, 0.25) is 0 Å². The zero-order valence-electron chi connectivity index (χ0n) is 9.03. The fraction of sp³-hybridized carbons (Fsp3) is 0.333. The number of anilines is 1. The first-order valence-electron chi connectivity index (χ1n) is 4.87. The Balaban J connectivity index is 0.00000112. The maximum atomic E-state index is 3.80. The zero-order chi connectivity index (χ0) is 10.1. The van der Waals surface area contributed by atoms with Gasteiger partial charge in [0.15, 0.2) is 0 Å². The van der Waals surface area contributed by atoms with Crippen molar-refractivity contribution in [1.82, 2.24) is 0 Å². The first kappa shape index (κ1) is 12.9. The van der Waals surface area contributed by atoms with Gasteiger partial charge in [-0.2, -0.15) is 0 Å². The molecule has 1 unspecified atom stereocenters. The number of thioether (sulfide) groups is 1. The molecular formula is C12H15INS-. The topological polar surface area (TPSA) is 3.24 Å². The Morgan fingerprint density at radius 1 is 1.53 bits per heavy atom. The second kappa shape index (κ2) is 5.25. The molecule has 82 valence electrons. The Morgan fingerprint density at radius 2 is 2.27 bits per heavy atom. The molecule has 15 heavy (non-hydrogen) atoms. The largest absolute Gasteiger partial charge is 1.00 e. The van der Waals surface area contributed by atoms with Crippen molar-refractivity contribution in [2.45, 2.75) is 24.1 Å². The van der Waals surface area contributed by atoms with Gasteiger partial charge >= 0.3 is 0 Å². The molecule has 1 atom stereocenters. The molecule has 0 amide bonds. The molecule has 1 nitrogen and oxygen atoms in total. The third kappa shape index (κ3) is 2.50. The van der Waals surface area contributed by atoms with E-state index in [1.54, 1.807) is 0 Å². The summed E-state index contributed by atoms with van der Waals surface area (Å²) < 4.78 is 0. The van der Waals surface area contributed by atoms with Crippen LogP contribution < -0.4 is 28.9 Å². The van der Waals surface area contributed by atoms with E-state index in [1.807, 2.05) is 17.8 Å². The van der Waals surface area contributed by atoms with E-state index in [1.165, 1.54) is 16.1 Å². The third-order valence-electron chi connectivity index (χ3n) is 2.49. The Hall–Kier alpha value is -0.160. The van der Waals surface area contributed by atoms with Crippen molar-refractivity contribution < 1.29 is 24.0 Å². The highest BCUT2D eigenvalue weighted by Crippen LogP contribution is 2.43. The number of hydrogen-bond acceptors (Lipinski definition) is 2. The fourth-order valence-corrected chi connectivity index (χ4v) is 2.92. The summed E-state index contributed by atoms with van der Waals surface area (Å²) >= 11 is 1.93. The summed E-state index contributed by atoms with van der Waals surface area (Å²) in [6.07, 6.45) is 1.97. The van der Waals surface area contributed by atoms with Crippen LogP contribution in [0.25, 0.3) is 0 Å². The monoisotopic (exact) mass is 332 g/mol. The van der Waals surface area contributed by atoms with Crippen molar-refractivity contribution in [3.05, 3.63) is 36.4 Å². The molecule has 2 rings (SSSR count). The normalized spacial score (nSPS) is 18.3. The van der Waals surface area contributed by atoms with Crippen LogP contribution in [0.1, 0.15) is 12.5 Å². The molecular weight excluding hydrogens is 317 g/mol. The smallest absolute Gasteiger partial charge is 0.0773 e. The van der Waals surface area contributed by atoms with Crippen LogP contribution in [0.15, 0.2) is 35.7 Å². The fourth-order valence-electron chi connectivity index (χ4n) is 1.78. The number of hydrogen-bond donors (Lipinski definition) is 0. The molecule has 1 heterocycles. The van der Waals surface area contributed by atoms with Crippen LogP contribution in [-0.4, -0.2) is 11.9 Å². The number of nitrogens with zero attached hydrogens (tertiary/aromatic N) is 1. The van der Waals surface area contributed by atoms with E-state index in [-0.39, 0.29) is 24.0 Å². The van der Waals surface area contributed by atoms with E-state index >= 15 is 0 Å². The van der Waals surface area contributed by atoms with E-state index in [2.05, 4.69) is 43.5 Å². The lowest BCUT2D eigenvalue weighted by atomic mass is 10.2. The minimum Gasteiger partial charge on any atom is -1.00 e. The van der Waals surface area contributed by atoms with Gasteiger partial charge in [0.25, 0.3) is 0 Å². The summed E-state index contributed by atoms with van der Waals surface area (Å²) in [6, 6.07) is 6.65. The van der Waals surface area contributed by atoms with Crippen molar-refractivity contribution in [3.63, 3.8) is 0 Å². The highest BCUT2D eigenvalue weighted by Gasteiger charge is 2.25. The Bertz CT molecular complexity index is 365. The average molecular weight is 332 g/mol. The Kier molecular flexibility index (Phi) is 4.52. The highest BCUT2D eigenvalue weighted by molar-refractivity contribution is 8.00. The summed E-state index contributed by atoms with van der Waals surface area (Å²) in [5.74, 6) is 0. The molecule has 0 aliphatic carbocycles.